The number of hydrogen-bond acceptors (Lipinski definition) is 4. The van der Waals surface area contributed by atoms with Gasteiger partial charge in [0, 0.05) is 30.6 Å². The van der Waals surface area contributed by atoms with Crippen molar-refractivity contribution in [1.82, 2.24) is 10.2 Å². The van der Waals surface area contributed by atoms with Gasteiger partial charge < -0.3 is 10.2 Å². The second-order valence-electron chi connectivity index (χ2n) is 9.09. The Labute approximate surface area is 235 Å². The van der Waals surface area contributed by atoms with Crippen LogP contribution < -0.4 is 9.62 Å². The number of hydrogen-bond donors (Lipinski definition) is 1. The highest BCUT2D eigenvalue weighted by Gasteiger charge is 2.27. The van der Waals surface area contributed by atoms with Crippen LogP contribution in [0.3, 0.4) is 0 Å². The Morgan fingerprint density at radius 2 is 1.70 bits per heavy atom. The van der Waals surface area contributed by atoms with Gasteiger partial charge in [0.15, 0.2) is 0 Å². The summed E-state index contributed by atoms with van der Waals surface area (Å²) in [6.45, 7) is 7.51. The summed E-state index contributed by atoms with van der Waals surface area (Å²) in [5, 5.41) is 4.12. The maximum atomic E-state index is 13.4. The van der Waals surface area contributed by atoms with E-state index in [1.807, 2.05) is 13.8 Å². The van der Waals surface area contributed by atoms with Crippen molar-refractivity contribution in [2.75, 3.05) is 17.1 Å². The molecule has 2 atom stereocenters. The summed E-state index contributed by atoms with van der Waals surface area (Å²) < 4.78 is 26.3. The van der Waals surface area contributed by atoms with E-state index in [1.54, 1.807) is 50.2 Å². The fraction of sp³-hybridized carbons (Fsp3) is 0.462. The standard InChI is InChI=1S/C26H34Cl3N3O4S/c1-6-17(2)30-26(34)19(4)31(16-20-12-13-22(28)23(29)15-20)25(33)11-8-14-32(37(5,35)36)24-10-7-9-21(27)18(24)3/h7,9-10,12-13,15,17,19H,6,8,11,14,16H2,1-5H3,(H,30,34)/t17-,19-/m0/s1. The molecule has 0 saturated carbocycles. The molecule has 0 aliphatic heterocycles. The van der Waals surface area contributed by atoms with E-state index in [-0.39, 0.29) is 43.8 Å². The summed E-state index contributed by atoms with van der Waals surface area (Å²) in [5.74, 6) is -0.552. The number of rotatable bonds is 12. The van der Waals surface area contributed by atoms with Crippen molar-refractivity contribution in [3.8, 4) is 0 Å². The summed E-state index contributed by atoms with van der Waals surface area (Å²) in [5.41, 5.74) is 1.83. The molecule has 0 saturated heterocycles. The van der Waals surface area contributed by atoms with E-state index in [2.05, 4.69) is 5.32 Å². The fourth-order valence-electron chi connectivity index (χ4n) is 3.73. The molecule has 7 nitrogen and oxygen atoms in total. The van der Waals surface area contributed by atoms with Gasteiger partial charge in [0.1, 0.15) is 6.04 Å². The van der Waals surface area contributed by atoms with E-state index >= 15 is 0 Å². The van der Waals surface area contributed by atoms with Crippen molar-refractivity contribution in [2.45, 2.75) is 65.6 Å². The molecule has 2 aromatic rings. The number of carbonyl (C=O) groups is 2. The van der Waals surface area contributed by atoms with Gasteiger partial charge in [0.2, 0.25) is 21.8 Å². The third-order valence-corrected chi connectivity index (χ3v) is 8.49. The minimum Gasteiger partial charge on any atom is -0.352 e. The minimum absolute atomic E-state index is 0.0356. The number of nitrogens with zero attached hydrogens (tertiary/aromatic N) is 2. The first-order chi connectivity index (χ1) is 17.3. The van der Waals surface area contributed by atoms with Crippen LogP contribution in [0.1, 0.15) is 51.2 Å². The molecule has 0 radical (unpaired) electrons. The third-order valence-electron chi connectivity index (χ3n) is 6.17. The lowest BCUT2D eigenvalue weighted by atomic mass is 10.1. The summed E-state index contributed by atoms with van der Waals surface area (Å²) in [6, 6.07) is 9.32. The molecule has 2 rings (SSSR count). The molecule has 0 unspecified atom stereocenters. The van der Waals surface area contributed by atoms with Crippen LogP contribution >= 0.6 is 34.8 Å². The molecular weight excluding hydrogens is 557 g/mol. The average Bonchev–Trinajstić information content (AvgIpc) is 2.83. The maximum absolute atomic E-state index is 13.4. The Morgan fingerprint density at radius 3 is 2.30 bits per heavy atom. The number of sulfonamides is 1. The fourth-order valence-corrected chi connectivity index (χ4v) is 5.24. The monoisotopic (exact) mass is 589 g/mol. The van der Waals surface area contributed by atoms with Crippen LogP contribution in [-0.2, 0) is 26.2 Å². The van der Waals surface area contributed by atoms with Gasteiger partial charge in [-0.2, -0.15) is 0 Å². The van der Waals surface area contributed by atoms with Crippen LogP contribution in [-0.4, -0.2) is 50.0 Å². The summed E-state index contributed by atoms with van der Waals surface area (Å²) in [7, 11) is -3.62. The third kappa shape index (κ3) is 8.77. The number of nitrogens with one attached hydrogen (secondary N) is 1. The molecule has 1 N–H and O–H groups in total. The predicted octanol–water partition coefficient (Wildman–Crippen LogP) is 5.83. The smallest absolute Gasteiger partial charge is 0.242 e. The van der Waals surface area contributed by atoms with Crippen molar-refractivity contribution in [3.05, 3.63) is 62.6 Å². The van der Waals surface area contributed by atoms with Crippen LogP contribution in [0.15, 0.2) is 36.4 Å². The lowest BCUT2D eigenvalue weighted by molar-refractivity contribution is -0.140. The van der Waals surface area contributed by atoms with Gasteiger partial charge in [-0.15, -0.1) is 0 Å². The quantitative estimate of drug-likeness (QED) is 0.337. The molecule has 0 aromatic heterocycles. The Hall–Kier alpha value is -2.00. The molecule has 0 fully saturated rings. The minimum atomic E-state index is -3.62. The Kier molecular flexibility index (Phi) is 11.6. The first-order valence-electron chi connectivity index (χ1n) is 12.0. The first kappa shape index (κ1) is 31.2. The number of benzene rings is 2. The van der Waals surface area contributed by atoms with E-state index in [0.717, 1.165) is 18.2 Å². The van der Waals surface area contributed by atoms with Crippen molar-refractivity contribution in [2.24, 2.45) is 0 Å². The number of halogens is 3. The predicted molar refractivity (Wildman–Crippen MR) is 152 cm³/mol. The van der Waals surface area contributed by atoms with Gasteiger partial charge in [0.05, 0.1) is 22.0 Å². The van der Waals surface area contributed by atoms with Crippen LogP contribution in [0.4, 0.5) is 5.69 Å². The Balaban J connectivity index is 2.24. The SMILES string of the molecule is CC[C@H](C)NC(=O)[C@H](C)N(Cc1ccc(Cl)c(Cl)c1)C(=O)CCCN(c1cccc(Cl)c1C)S(C)(=O)=O. The molecule has 0 bridgehead atoms. The Bertz CT molecular complexity index is 1220. The highest BCUT2D eigenvalue weighted by atomic mass is 35.5. The zero-order valence-corrected chi connectivity index (χ0v) is 24.8. The first-order valence-corrected chi connectivity index (χ1v) is 15.0. The van der Waals surface area contributed by atoms with Gasteiger partial charge in [-0.05, 0) is 69.0 Å². The van der Waals surface area contributed by atoms with Crippen LogP contribution in [0.2, 0.25) is 15.1 Å². The van der Waals surface area contributed by atoms with E-state index in [4.69, 9.17) is 34.8 Å². The van der Waals surface area contributed by atoms with Crippen LogP contribution in [0.25, 0.3) is 0 Å². The normalized spacial score (nSPS) is 13.1. The molecule has 204 valence electrons. The zero-order chi connectivity index (χ0) is 27.9. The van der Waals surface area contributed by atoms with E-state index in [1.165, 1.54) is 9.21 Å². The van der Waals surface area contributed by atoms with Crippen LogP contribution in [0.5, 0.6) is 0 Å². The van der Waals surface area contributed by atoms with Gasteiger partial charge in [-0.25, -0.2) is 8.42 Å². The molecule has 37 heavy (non-hydrogen) atoms. The van der Waals surface area contributed by atoms with Gasteiger partial charge in [0.25, 0.3) is 0 Å². The van der Waals surface area contributed by atoms with Gasteiger partial charge in [-0.3, -0.25) is 13.9 Å². The second kappa shape index (κ2) is 13.7. The van der Waals surface area contributed by atoms with Gasteiger partial charge in [-0.1, -0.05) is 53.9 Å². The Morgan fingerprint density at radius 1 is 1.03 bits per heavy atom. The van der Waals surface area contributed by atoms with Gasteiger partial charge >= 0.3 is 0 Å². The van der Waals surface area contributed by atoms with E-state index in [9.17, 15) is 18.0 Å². The summed E-state index contributed by atoms with van der Waals surface area (Å²) in [6.07, 6.45) is 2.15. The molecule has 0 aliphatic carbocycles. The average molecular weight is 591 g/mol. The number of anilines is 1. The van der Waals surface area contributed by atoms with Crippen molar-refractivity contribution in [3.63, 3.8) is 0 Å². The molecule has 0 heterocycles. The van der Waals surface area contributed by atoms with Crippen LogP contribution in [0, 0.1) is 6.92 Å². The molecule has 2 aromatic carbocycles. The zero-order valence-electron chi connectivity index (χ0n) is 21.7. The highest BCUT2D eigenvalue weighted by molar-refractivity contribution is 7.92. The van der Waals surface area contributed by atoms with E-state index < -0.39 is 16.1 Å². The number of amides is 2. The highest BCUT2D eigenvalue weighted by Crippen LogP contribution is 2.29. The molecule has 0 spiro atoms. The summed E-state index contributed by atoms with van der Waals surface area (Å²) in [4.78, 5) is 27.8. The topological polar surface area (TPSA) is 86.8 Å². The van der Waals surface area contributed by atoms with Crippen molar-refractivity contribution < 1.29 is 18.0 Å². The summed E-state index contributed by atoms with van der Waals surface area (Å²) >= 11 is 18.4. The van der Waals surface area contributed by atoms with Crippen molar-refractivity contribution >= 4 is 62.3 Å². The maximum Gasteiger partial charge on any atom is 0.242 e. The molecule has 0 aliphatic rings. The molecule has 2 amide bonds. The molecule has 11 heteroatoms. The second-order valence-corrected chi connectivity index (χ2v) is 12.2. The lowest BCUT2D eigenvalue weighted by Gasteiger charge is -2.30. The molecular formula is C26H34Cl3N3O4S. The lowest BCUT2D eigenvalue weighted by Crippen LogP contribution is -2.49. The van der Waals surface area contributed by atoms with E-state index in [0.29, 0.717) is 26.3 Å². The largest absolute Gasteiger partial charge is 0.352 e. The number of carbonyl (C=O) groups excluding carboxylic acids is 2. The van der Waals surface area contributed by atoms with Crippen molar-refractivity contribution in [1.29, 1.82) is 0 Å².